The van der Waals surface area contributed by atoms with Crippen LogP contribution in [0.3, 0.4) is 0 Å². The SMILES string of the molecule is COc1cc(C(=O)NC2=NCCS2)ccc1Oc1ccc(Cl)cc1[N+](=O)[O-]. The molecule has 0 atom stereocenters. The van der Waals surface area contributed by atoms with Crippen molar-refractivity contribution in [3.8, 4) is 17.2 Å². The number of nitro groups is 1. The third kappa shape index (κ3) is 4.50. The number of nitrogens with one attached hydrogen (secondary N) is 1. The van der Waals surface area contributed by atoms with Gasteiger partial charge in [0.05, 0.1) is 18.6 Å². The van der Waals surface area contributed by atoms with E-state index in [1.54, 1.807) is 0 Å². The molecule has 0 aromatic heterocycles. The Hall–Kier alpha value is -2.78. The van der Waals surface area contributed by atoms with E-state index < -0.39 is 4.92 Å². The molecule has 3 rings (SSSR count). The van der Waals surface area contributed by atoms with E-state index in [-0.39, 0.29) is 33.9 Å². The molecule has 2 aromatic rings. The van der Waals surface area contributed by atoms with Crippen LogP contribution in [0, 0.1) is 10.1 Å². The Labute approximate surface area is 163 Å². The van der Waals surface area contributed by atoms with Gasteiger partial charge in [-0.25, -0.2) is 0 Å². The van der Waals surface area contributed by atoms with Crippen LogP contribution in [0.4, 0.5) is 5.69 Å². The zero-order valence-corrected chi connectivity index (χ0v) is 15.7. The zero-order valence-electron chi connectivity index (χ0n) is 14.1. The summed E-state index contributed by atoms with van der Waals surface area (Å²) >= 11 is 7.28. The Balaban J connectivity index is 1.85. The molecular formula is C17H14ClN3O5S. The van der Waals surface area contributed by atoms with Crippen molar-refractivity contribution < 1.29 is 19.2 Å². The van der Waals surface area contributed by atoms with E-state index in [1.165, 1.54) is 55.3 Å². The number of amides is 1. The first-order valence-electron chi connectivity index (χ1n) is 7.76. The topological polar surface area (TPSA) is 103 Å². The minimum atomic E-state index is -0.588. The maximum atomic E-state index is 12.3. The van der Waals surface area contributed by atoms with E-state index in [2.05, 4.69) is 10.3 Å². The normalized spacial score (nSPS) is 13.0. The lowest BCUT2D eigenvalue weighted by Crippen LogP contribution is -2.27. The molecule has 140 valence electrons. The minimum absolute atomic E-state index is 0.0108. The van der Waals surface area contributed by atoms with Crippen LogP contribution in [0.2, 0.25) is 5.02 Å². The quantitative estimate of drug-likeness (QED) is 0.595. The van der Waals surface area contributed by atoms with Crippen LogP contribution in [0.15, 0.2) is 41.4 Å². The van der Waals surface area contributed by atoms with E-state index in [0.29, 0.717) is 17.3 Å². The third-order valence-corrected chi connectivity index (χ3v) is 4.70. The number of carbonyl (C=O) groups is 1. The minimum Gasteiger partial charge on any atom is -0.493 e. The Morgan fingerprint density at radius 2 is 2.04 bits per heavy atom. The number of amidine groups is 1. The van der Waals surface area contributed by atoms with Gasteiger partial charge in [-0.15, -0.1) is 0 Å². The van der Waals surface area contributed by atoms with Crippen LogP contribution in [-0.4, -0.2) is 35.4 Å². The number of hydrogen-bond acceptors (Lipinski definition) is 7. The van der Waals surface area contributed by atoms with Gasteiger partial charge in [-0.2, -0.15) is 0 Å². The summed E-state index contributed by atoms with van der Waals surface area (Å²) in [5.74, 6) is 1.01. The predicted octanol–water partition coefficient (Wildman–Crippen LogP) is 3.88. The van der Waals surface area contributed by atoms with E-state index in [0.717, 1.165) is 5.75 Å². The van der Waals surface area contributed by atoms with Gasteiger partial charge in [-0.05, 0) is 30.3 Å². The van der Waals surface area contributed by atoms with Gasteiger partial charge < -0.3 is 14.8 Å². The number of nitrogens with zero attached hydrogens (tertiary/aromatic N) is 2. The van der Waals surface area contributed by atoms with Gasteiger partial charge in [0.2, 0.25) is 5.75 Å². The molecule has 1 heterocycles. The molecule has 0 spiro atoms. The molecule has 0 fully saturated rings. The fourth-order valence-electron chi connectivity index (χ4n) is 2.31. The number of hydrogen-bond donors (Lipinski definition) is 1. The van der Waals surface area contributed by atoms with Crippen LogP contribution in [0.5, 0.6) is 17.2 Å². The number of thioether (sulfide) groups is 1. The largest absolute Gasteiger partial charge is 0.493 e. The predicted molar refractivity (Wildman–Crippen MR) is 103 cm³/mol. The summed E-state index contributed by atoms with van der Waals surface area (Å²) in [6, 6.07) is 8.62. The second-order valence-electron chi connectivity index (χ2n) is 5.33. The van der Waals surface area contributed by atoms with Crippen molar-refractivity contribution in [1.29, 1.82) is 0 Å². The summed E-state index contributed by atoms with van der Waals surface area (Å²) in [4.78, 5) is 27.1. The number of halogens is 1. The fourth-order valence-corrected chi connectivity index (χ4v) is 3.20. The lowest BCUT2D eigenvalue weighted by atomic mass is 10.2. The van der Waals surface area contributed by atoms with Crippen LogP contribution in [-0.2, 0) is 0 Å². The number of aliphatic imine (C=N–C) groups is 1. The molecule has 10 heteroatoms. The number of benzene rings is 2. The van der Waals surface area contributed by atoms with Crippen LogP contribution in [0.25, 0.3) is 0 Å². The van der Waals surface area contributed by atoms with E-state index >= 15 is 0 Å². The molecule has 0 saturated heterocycles. The Kier molecular flexibility index (Phi) is 5.82. The summed E-state index contributed by atoms with van der Waals surface area (Å²) in [5, 5.41) is 14.7. The lowest BCUT2D eigenvalue weighted by Gasteiger charge is -2.12. The maximum absolute atomic E-state index is 12.3. The van der Waals surface area contributed by atoms with E-state index in [4.69, 9.17) is 21.1 Å². The molecule has 0 unspecified atom stereocenters. The number of ether oxygens (including phenoxy) is 2. The monoisotopic (exact) mass is 407 g/mol. The maximum Gasteiger partial charge on any atom is 0.313 e. The summed E-state index contributed by atoms with van der Waals surface area (Å²) in [5.41, 5.74) is 0.0719. The van der Waals surface area contributed by atoms with Crippen molar-refractivity contribution in [1.82, 2.24) is 5.32 Å². The molecule has 1 amide bonds. The highest BCUT2D eigenvalue weighted by atomic mass is 35.5. The van der Waals surface area contributed by atoms with Gasteiger partial charge in [-0.1, -0.05) is 23.4 Å². The molecule has 1 aliphatic heterocycles. The van der Waals surface area contributed by atoms with Gasteiger partial charge in [0.25, 0.3) is 5.91 Å². The number of rotatable bonds is 5. The van der Waals surface area contributed by atoms with Crippen LogP contribution < -0.4 is 14.8 Å². The standard InChI is InChI=1S/C17H14ClN3O5S/c1-25-15-8-10(16(22)20-17-19-6-7-27-17)2-4-14(15)26-13-5-3-11(18)9-12(13)21(23)24/h2-5,8-9H,6-7H2,1H3,(H,19,20,22). The van der Waals surface area contributed by atoms with Crippen molar-refractivity contribution in [2.75, 3.05) is 19.4 Å². The number of methoxy groups -OCH3 is 1. The van der Waals surface area contributed by atoms with E-state index in [9.17, 15) is 14.9 Å². The highest BCUT2D eigenvalue weighted by Crippen LogP contribution is 2.37. The first-order chi connectivity index (χ1) is 13.0. The first kappa shape index (κ1) is 19.0. The highest BCUT2D eigenvalue weighted by Gasteiger charge is 2.19. The molecule has 0 radical (unpaired) electrons. The lowest BCUT2D eigenvalue weighted by molar-refractivity contribution is -0.385. The Morgan fingerprint density at radius 1 is 1.26 bits per heavy atom. The second-order valence-corrected chi connectivity index (χ2v) is 6.85. The molecule has 0 aliphatic carbocycles. The van der Waals surface area contributed by atoms with Gasteiger partial charge in [0.15, 0.2) is 16.7 Å². The van der Waals surface area contributed by atoms with Gasteiger partial charge in [-0.3, -0.25) is 19.9 Å². The van der Waals surface area contributed by atoms with E-state index in [1.807, 2.05) is 0 Å². The van der Waals surface area contributed by atoms with Crippen LogP contribution >= 0.6 is 23.4 Å². The highest BCUT2D eigenvalue weighted by molar-refractivity contribution is 8.14. The molecular weight excluding hydrogens is 394 g/mol. The van der Waals surface area contributed by atoms with Crippen molar-refractivity contribution in [3.05, 3.63) is 57.1 Å². The molecule has 27 heavy (non-hydrogen) atoms. The Morgan fingerprint density at radius 3 is 2.70 bits per heavy atom. The van der Waals surface area contributed by atoms with Crippen molar-refractivity contribution in [2.24, 2.45) is 4.99 Å². The average molecular weight is 408 g/mol. The average Bonchev–Trinajstić information content (AvgIpc) is 3.16. The van der Waals surface area contributed by atoms with Crippen molar-refractivity contribution in [2.45, 2.75) is 0 Å². The van der Waals surface area contributed by atoms with Gasteiger partial charge >= 0.3 is 5.69 Å². The van der Waals surface area contributed by atoms with Crippen molar-refractivity contribution >= 4 is 40.1 Å². The molecule has 1 N–H and O–H groups in total. The summed E-state index contributed by atoms with van der Waals surface area (Å²) in [6.07, 6.45) is 0. The summed E-state index contributed by atoms with van der Waals surface area (Å²) < 4.78 is 10.9. The molecule has 0 saturated carbocycles. The third-order valence-electron chi connectivity index (χ3n) is 3.57. The zero-order chi connectivity index (χ0) is 19.4. The number of nitro benzene ring substituents is 1. The fraction of sp³-hybridized carbons (Fsp3) is 0.176. The van der Waals surface area contributed by atoms with Crippen LogP contribution in [0.1, 0.15) is 10.4 Å². The van der Waals surface area contributed by atoms with Gasteiger partial charge in [0.1, 0.15) is 0 Å². The molecule has 2 aromatic carbocycles. The molecule has 8 nitrogen and oxygen atoms in total. The first-order valence-corrected chi connectivity index (χ1v) is 9.12. The second kappa shape index (κ2) is 8.28. The molecule has 0 bridgehead atoms. The van der Waals surface area contributed by atoms with Gasteiger partial charge in [0, 0.05) is 22.4 Å². The van der Waals surface area contributed by atoms with Crippen molar-refractivity contribution in [3.63, 3.8) is 0 Å². The summed E-state index contributed by atoms with van der Waals surface area (Å²) in [7, 11) is 1.41. The smallest absolute Gasteiger partial charge is 0.313 e. The number of carbonyl (C=O) groups excluding carboxylic acids is 1. The Bertz CT molecular complexity index is 935. The molecule has 1 aliphatic rings. The summed E-state index contributed by atoms with van der Waals surface area (Å²) in [6.45, 7) is 0.677.